The van der Waals surface area contributed by atoms with E-state index < -0.39 is 15.9 Å². The van der Waals surface area contributed by atoms with E-state index in [0.717, 1.165) is 31.6 Å². The molecule has 0 bridgehead atoms. The Labute approximate surface area is 248 Å². The molecule has 1 saturated heterocycles. The summed E-state index contributed by atoms with van der Waals surface area (Å²) in [5.41, 5.74) is 1.27. The molecule has 4 heterocycles. The molecule has 1 aliphatic heterocycles. The number of nitrogens with one attached hydrogen (secondary N) is 1. The summed E-state index contributed by atoms with van der Waals surface area (Å²) in [6.07, 6.45) is 12.8. The van der Waals surface area contributed by atoms with E-state index in [-0.39, 0.29) is 17.6 Å². The maximum Gasteiger partial charge on any atom is 0.283 e. The van der Waals surface area contributed by atoms with Gasteiger partial charge in [-0.25, -0.2) is 14.4 Å². The average molecular weight is 596 g/mol. The number of fused-ring (bicyclic) bond motifs is 1. The molecular formula is C30H41N7O4S. The highest BCUT2D eigenvalue weighted by Gasteiger charge is 2.85. The zero-order chi connectivity index (χ0) is 29.3. The Morgan fingerprint density at radius 1 is 1.07 bits per heavy atom. The smallest absolute Gasteiger partial charge is 0.283 e. The summed E-state index contributed by atoms with van der Waals surface area (Å²) >= 11 is 0. The fraction of sp³-hybridized carbons (Fsp3) is 0.600. The third-order valence-electron chi connectivity index (χ3n) is 10.1. The van der Waals surface area contributed by atoms with Crippen LogP contribution in [0.5, 0.6) is 5.88 Å². The van der Waals surface area contributed by atoms with Crippen LogP contribution in [0.4, 0.5) is 5.82 Å². The first-order valence-corrected chi connectivity index (χ1v) is 16.7. The SMILES string of the molecule is CCCn1ccc(S(=O)(=O)NC(=O)c2ccc(-n3ccc(OCCC4C5(CC5)C45CC5)n3)nc2N2CCCC2(C)C)n1.[HH]. The Bertz CT molecular complexity index is 1620. The first-order chi connectivity index (χ1) is 20.1. The van der Waals surface area contributed by atoms with Crippen molar-refractivity contribution < 1.29 is 19.4 Å². The molecule has 42 heavy (non-hydrogen) atoms. The first-order valence-electron chi connectivity index (χ1n) is 15.2. The molecule has 0 unspecified atom stereocenters. The van der Waals surface area contributed by atoms with Crippen LogP contribution in [0, 0.1) is 16.7 Å². The molecule has 3 aliphatic carbocycles. The van der Waals surface area contributed by atoms with Gasteiger partial charge in [0.1, 0.15) is 5.82 Å². The highest BCUT2D eigenvalue weighted by Crippen LogP contribution is 2.93. The lowest BCUT2D eigenvalue weighted by molar-refractivity contribution is 0.0981. The van der Waals surface area contributed by atoms with Crippen LogP contribution in [-0.4, -0.2) is 57.6 Å². The normalized spacial score (nSPS) is 21.2. The van der Waals surface area contributed by atoms with Crippen LogP contribution in [0.2, 0.25) is 0 Å². The van der Waals surface area contributed by atoms with E-state index in [1.54, 1.807) is 33.9 Å². The second kappa shape index (κ2) is 9.55. The molecule has 3 aromatic heterocycles. The van der Waals surface area contributed by atoms with E-state index in [0.29, 0.717) is 48.0 Å². The lowest BCUT2D eigenvalue weighted by atomic mass is 10.0. The van der Waals surface area contributed by atoms with Crippen molar-refractivity contribution in [1.82, 2.24) is 29.3 Å². The van der Waals surface area contributed by atoms with Crippen molar-refractivity contribution in [3.8, 4) is 11.7 Å². The molecule has 3 aromatic rings. The third-order valence-corrected chi connectivity index (χ3v) is 11.3. The summed E-state index contributed by atoms with van der Waals surface area (Å²) in [6, 6.07) is 6.52. The van der Waals surface area contributed by atoms with E-state index >= 15 is 0 Å². The van der Waals surface area contributed by atoms with Crippen LogP contribution < -0.4 is 14.4 Å². The zero-order valence-corrected chi connectivity index (χ0v) is 25.4. The number of pyridine rings is 1. The van der Waals surface area contributed by atoms with Crippen molar-refractivity contribution in [2.24, 2.45) is 16.7 Å². The number of hydrogen-bond donors (Lipinski definition) is 1. The Morgan fingerprint density at radius 3 is 2.50 bits per heavy atom. The van der Waals surface area contributed by atoms with Crippen LogP contribution in [-0.2, 0) is 16.6 Å². The standard InChI is InChI=1S/C30H39N7O4S.H2/c1-4-16-35-18-9-25(33-35)42(39,40)34-27(38)21-6-7-23(31-26(21)36-17-5-11-28(36,2)3)37-19-8-24(32-37)41-20-10-22-29(12-13-29)30(22)14-15-30;/h6-9,18-19,22H,4-5,10-17,20H2,1-3H3,(H,34,38);1H. The minimum Gasteiger partial charge on any atom is -0.477 e. The maximum atomic E-state index is 13.5. The van der Waals surface area contributed by atoms with E-state index in [1.807, 2.05) is 13.0 Å². The van der Waals surface area contributed by atoms with Crippen LogP contribution in [0.3, 0.4) is 0 Å². The number of hydrogen-bond acceptors (Lipinski definition) is 8. The van der Waals surface area contributed by atoms with Crippen molar-refractivity contribution in [1.29, 1.82) is 0 Å². The first kappa shape index (κ1) is 27.4. The highest BCUT2D eigenvalue weighted by atomic mass is 32.2. The molecule has 1 N–H and O–H groups in total. The van der Waals surface area contributed by atoms with Gasteiger partial charge in [-0.05, 0) is 100 Å². The number of aromatic nitrogens is 5. The lowest BCUT2D eigenvalue weighted by Gasteiger charge is -2.34. The Hall–Kier alpha value is -3.41. The fourth-order valence-corrected chi connectivity index (χ4v) is 8.58. The van der Waals surface area contributed by atoms with Crippen molar-refractivity contribution in [2.75, 3.05) is 18.1 Å². The second-order valence-electron chi connectivity index (χ2n) is 13.1. The number of carbonyl (C=O) groups is 1. The molecule has 4 fully saturated rings. The number of nitrogens with zero attached hydrogens (tertiary/aromatic N) is 6. The number of ether oxygens (including phenoxy) is 1. The molecule has 1 amide bonds. The molecule has 4 aliphatic rings. The lowest BCUT2D eigenvalue weighted by Crippen LogP contribution is -2.41. The molecule has 0 atom stereocenters. The Kier molecular flexibility index (Phi) is 6.24. The molecule has 2 spiro atoms. The fourth-order valence-electron chi connectivity index (χ4n) is 7.67. The van der Waals surface area contributed by atoms with Crippen molar-refractivity contribution in [2.45, 2.75) is 89.2 Å². The minimum atomic E-state index is -4.16. The molecule has 12 heteroatoms. The van der Waals surface area contributed by atoms with Gasteiger partial charge in [-0.3, -0.25) is 9.48 Å². The molecule has 3 saturated carbocycles. The number of anilines is 1. The van der Waals surface area contributed by atoms with Crippen molar-refractivity contribution in [3.05, 3.63) is 42.2 Å². The monoisotopic (exact) mass is 595 g/mol. The van der Waals surface area contributed by atoms with E-state index in [2.05, 4.69) is 33.7 Å². The zero-order valence-electron chi connectivity index (χ0n) is 24.5. The van der Waals surface area contributed by atoms with Gasteiger partial charge in [-0.1, -0.05) is 6.92 Å². The molecule has 0 radical (unpaired) electrons. The predicted molar refractivity (Wildman–Crippen MR) is 158 cm³/mol. The van der Waals surface area contributed by atoms with Gasteiger partial charge in [-0.15, -0.1) is 5.10 Å². The Balaban J connectivity index is 0.00000329. The van der Waals surface area contributed by atoms with Crippen molar-refractivity contribution in [3.63, 3.8) is 0 Å². The van der Waals surface area contributed by atoms with Gasteiger partial charge in [0.15, 0.2) is 10.8 Å². The Morgan fingerprint density at radius 2 is 1.83 bits per heavy atom. The van der Waals surface area contributed by atoms with Crippen LogP contribution >= 0.6 is 0 Å². The molecular weight excluding hydrogens is 554 g/mol. The number of amides is 1. The van der Waals surface area contributed by atoms with Gasteiger partial charge in [0.25, 0.3) is 15.9 Å². The summed E-state index contributed by atoms with van der Waals surface area (Å²) in [7, 11) is -4.16. The maximum absolute atomic E-state index is 13.5. The van der Waals surface area contributed by atoms with Crippen LogP contribution in [0.1, 0.15) is 83.9 Å². The second-order valence-corrected chi connectivity index (χ2v) is 14.7. The predicted octanol–water partition coefficient (Wildman–Crippen LogP) is 4.58. The molecule has 7 rings (SSSR count). The van der Waals surface area contributed by atoms with Crippen molar-refractivity contribution >= 4 is 21.7 Å². The van der Waals surface area contributed by atoms with Crippen LogP contribution in [0.25, 0.3) is 5.82 Å². The van der Waals surface area contributed by atoms with Gasteiger partial charge in [0.2, 0.25) is 5.88 Å². The van der Waals surface area contributed by atoms with Gasteiger partial charge in [0.05, 0.1) is 12.2 Å². The number of aryl methyl sites for hydroxylation is 1. The van der Waals surface area contributed by atoms with E-state index in [4.69, 9.17) is 9.72 Å². The quantitative estimate of drug-likeness (QED) is 0.342. The number of rotatable bonds is 11. The number of sulfonamides is 1. The van der Waals surface area contributed by atoms with Gasteiger partial charge >= 0.3 is 0 Å². The largest absolute Gasteiger partial charge is 0.477 e. The average Bonchev–Trinajstić information content (AvgIpc) is 3.85. The summed E-state index contributed by atoms with van der Waals surface area (Å²) in [5, 5.41) is 8.53. The molecule has 0 aromatic carbocycles. The van der Waals surface area contributed by atoms with Gasteiger partial charge in [-0.2, -0.15) is 13.5 Å². The summed E-state index contributed by atoms with van der Waals surface area (Å²) < 4.78 is 37.5. The third kappa shape index (κ3) is 4.49. The summed E-state index contributed by atoms with van der Waals surface area (Å²) in [4.78, 5) is 20.4. The number of carbonyl (C=O) groups excluding carboxylic acids is 1. The van der Waals surface area contributed by atoms with Gasteiger partial charge in [0, 0.05) is 38.5 Å². The van der Waals surface area contributed by atoms with E-state index in [9.17, 15) is 13.2 Å². The highest BCUT2D eigenvalue weighted by molar-refractivity contribution is 7.90. The topological polar surface area (TPSA) is 124 Å². The van der Waals surface area contributed by atoms with E-state index in [1.165, 1.54) is 31.7 Å². The molecule has 226 valence electrons. The van der Waals surface area contributed by atoms with Crippen LogP contribution in [0.15, 0.2) is 41.7 Å². The molecule has 11 nitrogen and oxygen atoms in total. The summed E-state index contributed by atoms with van der Waals surface area (Å²) in [6.45, 7) is 8.14. The van der Waals surface area contributed by atoms with Gasteiger partial charge < -0.3 is 9.64 Å². The minimum absolute atomic E-state index is 0. The summed E-state index contributed by atoms with van der Waals surface area (Å²) in [5.74, 6) is 1.58.